The van der Waals surface area contributed by atoms with Gasteiger partial charge in [-0.1, -0.05) is 0 Å². The molecule has 0 aliphatic carbocycles. The Balaban J connectivity index is 1.96. The van der Waals surface area contributed by atoms with E-state index in [2.05, 4.69) is 0 Å². The molecule has 1 aromatic rings. The van der Waals surface area contributed by atoms with Crippen LogP contribution in [0.1, 0.15) is 30.1 Å². The van der Waals surface area contributed by atoms with Gasteiger partial charge in [-0.3, -0.25) is 9.59 Å². The number of amides is 1. The molecule has 1 atom stereocenters. The first-order valence-corrected chi connectivity index (χ1v) is 6.84. The zero-order chi connectivity index (χ0) is 14.5. The fraction of sp³-hybridized carbons (Fsp3) is 0.467. The fourth-order valence-electron chi connectivity index (χ4n) is 2.47. The van der Waals surface area contributed by atoms with Gasteiger partial charge in [-0.05, 0) is 43.5 Å². The molecule has 1 fully saturated rings. The average molecular weight is 277 g/mol. The van der Waals surface area contributed by atoms with Gasteiger partial charge >= 0.3 is 5.97 Å². The van der Waals surface area contributed by atoms with E-state index in [1.807, 2.05) is 6.92 Å². The normalized spacial score (nSPS) is 18.1. The largest absolute Gasteiger partial charge is 0.494 e. The van der Waals surface area contributed by atoms with Crippen molar-refractivity contribution in [3.63, 3.8) is 0 Å². The second kappa shape index (κ2) is 6.41. The van der Waals surface area contributed by atoms with Crippen LogP contribution in [0.25, 0.3) is 0 Å². The van der Waals surface area contributed by atoms with E-state index in [0.29, 0.717) is 25.3 Å². The summed E-state index contributed by atoms with van der Waals surface area (Å²) in [6.07, 6.45) is 0.891. The minimum absolute atomic E-state index is 0.0408. The van der Waals surface area contributed by atoms with E-state index in [9.17, 15) is 9.59 Å². The van der Waals surface area contributed by atoms with Crippen molar-refractivity contribution in [3.05, 3.63) is 29.8 Å². The topological polar surface area (TPSA) is 66.8 Å². The molecule has 1 aromatic carbocycles. The van der Waals surface area contributed by atoms with Crippen LogP contribution in [-0.4, -0.2) is 41.6 Å². The van der Waals surface area contributed by atoms with Crippen molar-refractivity contribution in [2.45, 2.75) is 19.8 Å². The molecule has 0 bridgehead atoms. The predicted octanol–water partition coefficient (Wildman–Crippen LogP) is 2.02. The van der Waals surface area contributed by atoms with Gasteiger partial charge in [0, 0.05) is 25.1 Å². The highest BCUT2D eigenvalue weighted by Gasteiger charge is 2.28. The lowest BCUT2D eigenvalue weighted by Crippen LogP contribution is -2.28. The Hall–Kier alpha value is -2.04. The SMILES string of the molecule is CCOc1ccc(C(=O)N2CCC(CC(=O)O)C2)cc1. The summed E-state index contributed by atoms with van der Waals surface area (Å²) in [4.78, 5) is 24.7. The first-order valence-electron chi connectivity index (χ1n) is 6.84. The Kier molecular flexibility index (Phi) is 4.61. The Morgan fingerprint density at radius 1 is 1.35 bits per heavy atom. The summed E-state index contributed by atoms with van der Waals surface area (Å²) in [6, 6.07) is 7.05. The number of carboxylic acids is 1. The van der Waals surface area contributed by atoms with E-state index >= 15 is 0 Å². The summed E-state index contributed by atoms with van der Waals surface area (Å²) in [5.41, 5.74) is 0.615. The summed E-state index contributed by atoms with van der Waals surface area (Å²) in [5.74, 6) is -0.0281. The van der Waals surface area contributed by atoms with Gasteiger partial charge in [0.25, 0.3) is 5.91 Å². The molecule has 0 saturated carbocycles. The molecule has 0 spiro atoms. The van der Waals surface area contributed by atoms with Gasteiger partial charge in [0.05, 0.1) is 6.61 Å². The number of likely N-dealkylation sites (tertiary alicyclic amines) is 1. The smallest absolute Gasteiger partial charge is 0.303 e. The molecule has 1 heterocycles. The number of ether oxygens (including phenoxy) is 1. The molecule has 1 unspecified atom stereocenters. The monoisotopic (exact) mass is 277 g/mol. The molecular formula is C15H19NO4. The van der Waals surface area contributed by atoms with Crippen LogP contribution >= 0.6 is 0 Å². The quantitative estimate of drug-likeness (QED) is 0.894. The number of carboxylic acid groups (broad SMARTS) is 1. The van der Waals surface area contributed by atoms with Crippen LogP contribution in [0.5, 0.6) is 5.75 Å². The number of carbonyl (C=O) groups excluding carboxylic acids is 1. The third-order valence-electron chi connectivity index (χ3n) is 3.45. The van der Waals surface area contributed by atoms with E-state index in [1.54, 1.807) is 29.2 Å². The van der Waals surface area contributed by atoms with Crippen LogP contribution in [0, 0.1) is 5.92 Å². The van der Waals surface area contributed by atoms with Gasteiger partial charge in [0.15, 0.2) is 0 Å². The van der Waals surface area contributed by atoms with E-state index in [4.69, 9.17) is 9.84 Å². The maximum Gasteiger partial charge on any atom is 0.303 e. The molecule has 1 saturated heterocycles. The lowest BCUT2D eigenvalue weighted by Gasteiger charge is -2.16. The van der Waals surface area contributed by atoms with Gasteiger partial charge in [-0.25, -0.2) is 0 Å². The van der Waals surface area contributed by atoms with Crippen LogP contribution < -0.4 is 4.74 Å². The third-order valence-corrected chi connectivity index (χ3v) is 3.45. The molecule has 1 aliphatic rings. The summed E-state index contributed by atoms with van der Waals surface area (Å²) < 4.78 is 5.34. The first-order chi connectivity index (χ1) is 9.60. The van der Waals surface area contributed by atoms with Crippen molar-refractivity contribution < 1.29 is 19.4 Å². The molecule has 1 aliphatic heterocycles. The number of hydrogen-bond donors (Lipinski definition) is 1. The highest BCUT2D eigenvalue weighted by atomic mass is 16.5. The maximum atomic E-state index is 12.3. The van der Waals surface area contributed by atoms with Gasteiger partial charge in [-0.15, -0.1) is 0 Å². The van der Waals surface area contributed by atoms with E-state index in [0.717, 1.165) is 12.2 Å². The van der Waals surface area contributed by atoms with Gasteiger partial charge < -0.3 is 14.7 Å². The lowest BCUT2D eigenvalue weighted by atomic mass is 10.1. The molecule has 20 heavy (non-hydrogen) atoms. The minimum atomic E-state index is -0.801. The molecule has 5 nitrogen and oxygen atoms in total. The Morgan fingerprint density at radius 3 is 2.65 bits per heavy atom. The maximum absolute atomic E-state index is 12.3. The van der Waals surface area contributed by atoms with Gasteiger partial charge in [0.1, 0.15) is 5.75 Å². The van der Waals surface area contributed by atoms with E-state index < -0.39 is 5.97 Å². The van der Waals surface area contributed by atoms with Crippen LogP contribution in [0.15, 0.2) is 24.3 Å². The van der Waals surface area contributed by atoms with Crippen LogP contribution in [0.2, 0.25) is 0 Å². The number of carbonyl (C=O) groups is 2. The number of benzene rings is 1. The standard InChI is InChI=1S/C15H19NO4/c1-2-20-13-5-3-12(4-6-13)15(19)16-8-7-11(10-16)9-14(17)18/h3-6,11H,2,7-10H2,1H3,(H,17,18). The average Bonchev–Trinajstić information content (AvgIpc) is 2.87. The highest BCUT2D eigenvalue weighted by Crippen LogP contribution is 2.22. The fourth-order valence-corrected chi connectivity index (χ4v) is 2.47. The second-order valence-electron chi connectivity index (χ2n) is 4.96. The van der Waals surface area contributed by atoms with Crippen molar-refractivity contribution in [3.8, 4) is 5.75 Å². The summed E-state index contributed by atoms with van der Waals surface area (Å²) in [6.45, 7) is 3.66. The Morgan fingerprint density at radius 2 is 2.05 bits per heavy atom. The number of nitrogens with zero attached hydrogens (tertiary/aromatic N) is 1. The van der Waals surface area contributed by atoms with Crippen LogP contribution in [0.3, 0.4) is 0 Å². The molecule has 0 radical (unpaired) electrons. The second-order valence-corrected chi connectivity index (χ2v) is 4.96. The van der Waals surface area contributed by atoms with Gasteiger partial charge in [0.2, 0.25) is 0 Å². The zero-order valence-electron chi connectivity index (χ0n) is 11.5. The third kappa shape index (κ3) is 3.50. The first kappa shape index (κ1) is 14.4. The lowest BCUT2D eigenvalue weighted by molar-refractivity contribution is -0.138. The van der Waals surface area contributed by atoms with Crippen molar-refractivity contribution in [1.29, 1.82) is 0 Å². The Labute approximate surface area is 118 Å². The molecule has 1 N–H and O–H groups in total. The molecule has 108 valence electrons. The summed E-state index contributed by atoms with van der Waals surface area (Å²) >= 11 is 0. The van der Waals surface area contributed by atoms with Gasteiger partial charge in [-0.2, -0.15) is 0 Å². The summed E-state index contributed by atoms with van der Waals surface area (Å²) in [5, 5.41) is 8.78. The molecular weight excluding hydrogens is 258 g/mol. The molecule has 5 heteroatoms. The zero-order valence-corrected chi connectivity index (χ0v) is 11.5. The number of rotatable bonds is 5. The van der Waals surface area contributed by atoms with Crippen molar-refractivity contribution in [1.82, 2.24) is 4.90 Å². The van der Waals surface area contributed by atoms with Crippen LogP contribution in [0.4, 0.5) is 0 Å². The molecule has 1 amide bonds. The van der Waals surface area contributed by atoms with Crippen molar-refractivity contribution in [2.24, 2.45) is 5.92 Å². The number of aliphatic carboxylic acids is 1. The van der Waals surface area contributed by atoms with Crippen molar-refractivity contribution in [2.75, 3.05) is 19.7 Å². The minimum Gasteiger partial charge on any atom is -0.494 e. The molecule has 0 aromatic heterocycles. The highest BCUT2D eigenvalue weighted by molar-refractivity contribution is 5.94. The number of hydrogen-bond acceptors (Lipinski definition) is 3. The Bertz CT molecular complexity index is 483. The van der Waals surface area contributed by atoms with Crippen molar-refractivity contribution >= 4 is 11.9 Å². The van der Waals surface area contributed by atoms with Crippen LogP contribution in [-0.2, 0) is 4.79 Å². The van der Waals surface area contributed by atoms with E-state index in [-0.39, 0.29) is 18.2 Å². The molecule has 2 rings (SSSR count). The predicted molar refractivity (Wildman–Crippen MR) is 73.9 cm³/mol. The van der Waals surface area contributed by atoms with E-state index in [1.165, 1.54) is 0 Å². The summed E-state index contributed by atoms with van der Waals surface area (Å²) in [7, 11) is 0.